The van der Waals surface area contributed by atoms with Gasteiger partial charge in [-0.3, -0.25) is 23.7 Å². The van der Waals surface area contributed by atoms with Crippen LogP contribution in [0, 0.1) is 6.92 Å². The Kier molecular flexibility index (Phi) is 8.04. The van der Waals surface area contributed by atoms with Crippen molar-refractivity contribution in [2.24, 2.45) is 0 Å². The van der Waals surface area contributed by atoms with Gasteiger partial charge in [-0.25, -0.2) is 9.88 Å². The lowest BCUT2D eigenvalue weighted by atomic mass is 10.3. The molecule has 1 unspecified atom stereocenters. The molecule has 3 rings (SSSR count). The third-order valence-corrected chi connectivity index (χ3v) is 6.34. The van der Waals surface area contributed by atoms with Crippen molar-refractivity contribution < 1.29 is 28.1 Å². The van der Waals surface area contributed by atoms with Crippen molar-refractivity contribution in [2.45, 2.75) is 39.3 Å². The number of para-hydroxylation sites is 1. The second-order valence-corrected chi connectivity index (χ2v) is 9.28. The lowest BCUT2D eigenvalue weighted by Crippen LogP contribution is -2.36. The number of esters is 1. The fraction of sp³-hybridized carbons (Fsp3) is 0.381. The number of aromatic amines is 1. The van der Waals surface area contributed by atoms with E-state index in [1.54, 1.807) is 56.3 Å². The number of hydrogen-bond acceptors (Lipinski definition) is 8. The quantitative estimate of drug-likeness (QED) is 0.298. The summed E-state index contributed by atoms with van der Waals surface area (Å²) in [5, 5.41) is 2.68. The van der Waals surface area contributed by atoms with Gasteiger partial charge in [0.05, 0.1) is 6.61 Å². The summed E-state index contributed by atoms with van der Waals surface area (Å²) in [6.45, 7) is 4.92. The van der Waals surface area contributed by atoms with Crippen molar-refractivity contribution in [2.75, 3.05) is 13.0 Å². The highest BCUT2D eigenvalue weighted by Crippen LogP contribution is 2.44. The standard InChI is InChI=1S/C21H26N3O8P/c1-4-29-20(26)15(3)23-33(28,32-16-8-6-5-7-9-16)13-30-18-11-10-17(31-18)24-12-14(2)19(25)22-21(24)27/h5-12,15,17-18H,4,13H2,1-3H3,(H,23,28)(H,22,25,27)/t15-,17-,18+,33?/m0/s1. The van der Waals surface area contributed by atoms with Gasteiger partial charge in [0, 0.05) is 11.8 Å². The Balaban J connectivity index is 1.69. The summed E-state index contributed by atoms with van der Waals surface area (Å²) >= 11 is 0. The number of nitrogens with zero attached hydrogens (tertiary/aromatic N) is 1. The van der Waals surface area contributed by atoms with E-state index >= 15 is 0 Å². The van der Waals surface area contributed by atoms with Crippen LogP contribution in [0.4, 0.5) is 0 Å². The Labute approximate surface area is 189 Å². The van der Waals surface area contributed by atoms with Gasteiger partial charge in [0.25, 0.3) is 5.56 Å². The van der Waals surface area contributed by atoms with E-state index in [4.69, 9.17) is 18.7 Å². The first-order valence-electron chi connectivity index (χ1n) is 10.3. The van der Waals surface area contributed by atoms with Crippen LogP contribution in [-0.2, 0) is 23.6 Å². The van der Waals surface area contributed by atoms with Gasteiger partial charge in [-0.2, -0.15) is 0 Å². The van der Waals surface area contributed by atoms with Crippen LogP contribution in [0.1, 0.15) is 25.6 Å². The molecule has 0 spiro atoms. The average molecular weight is 479 g/mol. The number of carbonyl (C=O) groups is 1. The minimum absolute atomic E-state index is 0.177. The number of aromatic nitrogens is 2. The van der Waals surface area contributed by atoms with Crippen molar-refractivity contribution in [1.82, 2.24) is 14.6 Å². The van der Waals surface area contributed by atoms with Crippen LogP contribution in [0.25, 0.3) is 0 Å². The van der Waals surface area contributed by atoms with E-state index in [9.17, 15) is 18.9 Å². The molecule has 11 nitrogen and oxygen atoms in total. The third kappa shape index (κ3) is 6.52. The van der Waals surface area contributed by atoms with Crippen LogP contribution in [0.15, 0.2) is 58.3 Å². The number of ether oxygens (including phenoxy) is 3. The number of rotatable bonds is 10. The van der Waals surface area contributed by atoms with E-state index in [0.717, 1.165) is 0 Å². The topological polar surface area (TPSA) is 138 Å². The number of carbonyl (C=O) groups excluding carboxylic acids is 1. The van der Waals surface area contributed by atoms with Crippen molar-refractivity contribution in [3.8, 4) is 5.75 Å². The second-order valence-electron chi connectivity index (χ2n) is 7.23. The van der Waals surface area contributed by atoms with E-state index < -0.39 is 49.6 Å². The van der Waals surface area contributed by atoms with Crippen molar-refractivity contribution >= 4 is 13.5 Å². The smallest absolute Gasteiger partial charge is 0.342 e. The zero-order chi connectivity index (χ0) is 24.0. The van der Waals surface area contributed by atoms with Crippen molar-refractivity contribution in [3.05, 3.63) is 75.1 Å². The molecule has 178 valence electrons. The molecule has 0 fully saturated rings. The second kappa shape index (κ2) is 10.8. The summed E-state index contributed by atoms with van der Waals surface area (Å²) < 4.78 is 36.6. The molecule has 1 aliphatic heterocycles. The fourth-order valence-corrected chi connectivity index (χ4v) is 4.65. The summed E-state index contributed by atoms with van der Waals surface area (Å²) in [6, 6.07) is 7.53. The molecule has 0 bridgehead atoms. The number of aryl methyl sites for hydroxylation is 1. The molecule has 1 aromatic heterocycles. The molecule has 0 amide bonds. The van der Waals surface area contributed by atoms with Crippen LogP contribution < -0.4 is 20.9 Å². The van der Waals surface area contributed by atoms with E-state index in [2.05, 4.69) is 10.1 Å². The van der Waals surface area contributed by atoms with Crippen molar-refractivity contribution in [1.29, 1.82) is 0 Å². The van der Waals surface area contributed by atoms with E-state index in [-0.39, 0.29) is 6.61 Å². The minimum atomic E-state index is -3.75. The maximum absolute atomic E-state index is 13.5. The summed E-state index contributed by atoms with van der Waals surface area (Å²) in [4.78, 5) is 37.9. The first-order valence-corrected chi connectivity index (χ1v) is 12.1. The molecule has 0 radical (unpaired) electrons. The molecule has 1 aromatic carbocycles. The molecule has 33 heavy (non-hydrogen) atoms. The Morgan fingerprint density at radius 2 is 2.00 bits per heavy atom. The average Bonchev–Trinajstić information content (AvgIpc) is 3.24. The van der Waals surface area contributed by atoms with E-state index in [1.807, 2.05) is 0 Å². The normalized spacial score (nSPS) is 20.2. The number of nitrogens with one attached hydrogen (secondary N) is 2. The van der Waals surface area contributed by atoms with Gasteiger partial charge in [0.2, 0.25) is 0 Å². The van der Waals surface area contributed by atoms with E-state index in [0.29, 0.717) is 11.3 Å². The molecule has 2 heterocycles. The molecule has 1 aliphatic rings. The molecule has 12 heteroatoms. The summed E-state index contributed by atoms with van der Waals surface area (Å²) in [5.74, 6) is -0.261. The molecule has 2 N–H and O–H groups in total. The first-order chi connectivity index (χ1) is 15.7. The number of H-pyrrole nitrogens is 1. The minimum Gasteiger partial charge on any atom is -0.465 e. The maximum Gasteiger partial charge on any atom is 0.342 e. The van der Waals surface area contributed by atoms with E-state index in [1.165, 1.54) is 17.7 Å². The molecular weight excluding hydrogens is 453 g/mol. The molecule has 4 atom stereocenters. The Morgan fingerprint density at radius 3 is 2.70 bits per heavy atom. The van der Waals surface area contributed by atoms with Gasteiger partial charge in [-0.05, 0) is 45.1 Å². The van der Waals surface area contributed by atoms with Crippen LogP contribution in [0.3, 0.4) is 0 Å². The third-order valence-electron chi connectivity index (χ3n) is 4.56. The molecule has 0 saturated carbocycles. The highest BCUT2D eigenvalue weighted by Gasteiger charge is 2.33. The van der Waals surface area contributed by atoms with Crippen molar-refractivity contribution in [3.63, 3.8) is 0 Å². The monoisotopic (exact) mass is 479 g/mol. The lowest BCUT2D eigenvalue weighted by Gasteiger charge is -2.24. The van der Waals surface area contributed by atoms with Crippen LogP contribution in [0.2, 0.25) is 0 Å². The lowest BCUT2D eigenvalue weighted by molar-refractivity contribution is -0.144. The predicted molar refractivity (Wildman–Crippen MR) is 119 cm³/mol. The van der Waals surface area contributed by atoms with Gasteiger partial charge in [0.1, 0.15) is 11.8 Å². The Morgan fingerprint density at radius 1 is 1.27 bits per heavy atom. The number of benzene rings is 1. The predicted octanol–water partition coefficient (Wildman–Crippen LogP) is 2.04. The van der Waals surface area contributed by atoms with Gasteiger partial charge < -0.3 is 18.7 Å². The molecule has 2 aromatic rings. The first kappa shape index (κ1) is 24.7. The maximum atomic E-state index is 13.5. The summed E-state index contributed by atoms with van der Waals surface area (Å²) in [6.07, 6.45) is 2.29. The number of hydrogen-bond donors (Lipinski definition) is 2. The largest absolute Gasteiger partial charge is 0.465 e. The van der Waals surface area contributed by atoms with Gasteiger partial charge >= 0.3 is 19.2 Å². The summed E-state index contributed by atoms with van der Waals surface area (Å²) in [5.41, 5.74) is -0.774. The van der Waals surface area contributed by atoms with Crippen LogP contribution >= 0.6 is 7.52 Å². The van der Waals surface area contributed by atoms with Gasteiger partial charge in [-0.1, -0.05) is 18.2 Å². The zero-order valence-corrected chi connectivity index (χ0v) is 19.3. The van der Waals surface area contributed by atoms with Gasteiger partial charge in [0.15, 0.2) is 18.9 Å². The Hall–Kier alpha value is -2.98. The van der Waals surface area contributed by atoms with Crippen LogP contribution in [0.5, 0.6) is 5.75 Å². The highest BCUT2D eigenvalue weighted by molar-refractivity contribution is 7.57. The molecule has 0 aliphatic carbocycles. The Bertz CT molecular complexity index is 1160. The zero-order valence-electron chi connectivity index (χ0n) is 18.4. The fourth-order valence-electron chi connectivity index (χ4n) is 2.97. The van der Waals surface area contributed by atoms with Crippen LogP contribution in [-0.4, -0.2) is 40.8 Å². The highest BCUT2D eigenvalue weighted by atomic mass is 31.2. The molecular formula is C21H26N3O8P. The SMILES string of the molecule is CCOC(=O)[C@H](C)NP(=O)(CO[C@H]1C=C[C@@H](n2cc(C)c(=O)[nH]c2=O)O1)Oc1ccccc1. The molecule has 0 saturated heterocycles. The summed E-state index contributed by atoms with van der Waals surface area (Å²) in [7, 11) is -3.75. The van der Waals surface area contributed by atoms with Gasteiger partial charge in [-0.15, -0.1) is 0 Å².